The van der Waals surface area contributed by atoms with E-state index in [-0.39, 0.29) is 12.3 Å². The molecule has 2 atom stereocenters. The number of hydrogen-bond acceptors (Lipinski definition) is 7. The Morgan fingerprint density at radius 1 is 1.69 bits per heavy atom. The molecule has 2 heterocycles. The molecule has 0 radical (unpaired) electrons. The van der Waals surface area contributed by atoms with Crippen molar-refractivity contribution in [3.8, 4) is 0 Å². The van der Waals surface area contributed by atoms with Crippen molar-refractivity contribution in [2.45, 2.75) is 18.0 Å². The van der Waals surface area contributed by atoms with Gasteiger partial charge in [-0.3, -0.25) is 4.79 Å². The molecule has 0 saturated carbocycles. The predicted octanol–water partition coefficient (Wildman–Crippen LogP) is 0.123. The monoisotopic (exact) mass is 223 g/mol. The van der Waals surface area contributed by atoms with E-state index in [1.807, 2.05) is 0 Å². The zero-order valence-corrected chi connectivity index (χ0v) is 8.15. The third-order valence-electron chi connectivity index (χ3n) is 2.25. The average molecular weight is 223 g/mol. The Kier molecular flexibility index (Phi) is 2.49. The van der Waals surface area contributed by atoms with Gasteiger partial charge >= 0.3 is 5.97 Å². The maximum Gasteiger partial charge on any atom is 0.305 e. The molecule has 1 aliphatic heterocycles. The number of carboxylic acid groups (broad SMARTS) is 1. The predicted molar refractivity (Wildman–Crippen MR) is 51.8 cm³/mol. The fourth-order valence-corrected chi connectivity index (χ4v) is 1.43. The van der Waals surface area contributed by atoms with Crippen LogP contribution in [0, 0.1) is 0 Å². The van der Waals surface area contributed by atoms with Crippen molar-refractivity contribution >= 4 is 12.2 Å². The minimum Gasteiger partial charge on any atom is -0.481 e. The van der Waals surface area contributed by atoms with Gasteiger partial charge in [0.25, 0.3) is 0 Å². The molecular formula is C8H9N5O3. The van der Waals surface area contributed by atoms with Crippen molar-refractivity contribution in [3.63, 3.8) is 0 Å². The molecule has 0 saturated heterocycles. The van der Waals surface area contributed by atoms with E-state index in [1.54, 1.807) is 0 Å². The lowest BCUT2D eigenvalue weighted by Gasteiger charge is -2.23. The highest BCUT2D eigenvalue weighted by Gasteiger charge is 2.45. The second kappa shape index (κ2) is 3.81. The molecule has 8 nitrogen and oxygen atoms in total. The maximum absolute atomic E-state index is 10.6. The van der Waals surface area contributed by atoms with Gasteiger partial charge < -0.3 is 15.3 Å². The Morgan fingerprint density at radius 2 is 2.50 bits per heavy atom. The smallest absolute Gasteiger partial charge is 0.305 e. The summed E-state index contributed by atoms with van der Waals surface area (Å²) in [6.07, 6.45) is 3.83. The SMILES string of the molecule is NC(CC(=O)O)C1(c2ncco2)C=NN=N1. The summed E-state index contributed by atoms with van der Waals surface area (Å²) in [5.41, 5.74) is 4.57. The lowest BCUT2D eigenvalue weighted by atomic mass is 9.90. The molecule has 8 heteroatoms. The molecule has 2 unspecified atom stereocenters. The first-order chi connectivity index (χ1) is 7.65. The van der Waals surface area contributed by atoms with Crippen molar-refractivity contribution in [2.24, 2.45) is 21.2 Å². The number of hydrogen-bond donors (Lipinski definition) is 2. The fraction of sp³-hybridized carbons (Fsp3) is 0.375. The summed E-state index contributed by atoms with van der Waals surface area (Å²) in [6.45, 7) is 0. The second-order valence-corrected chi connectivity index (χ2v) is 3.30. The van der Waals surface area contributed by atoms with Crippen LogP contribution in [0.3, 0.4) is 0 Å². The summed E-state index contributed by atoms with van der Waals surface area (Å²) < 4.78 is 5.09. The van der Waals surface area contributed by atoms with Crippen LogP contribution in [-0.2, 0) is 10.3 Å². The topological polar surface area (TPSA) is 126 Å². The number of rotatable bonds is 4. The van der Waals surface area contributed by atoms with Crippen LogP contribution in [0.4, 0.5) is 0 Å². The van der Waals surface area contributed by atoms with E-state index in [0.29, 0.717) is 0 Å². The van der Waals surface area contributed by atoms with Gasteiger partial charge in [0.15, 0.2) is 0 Å². The molecule has 16 heavy (non-hydrogen) atoms. The molecule has 1 aliphatic rings. The van der Waals surface area contributed by atoms with Gasteiger partial charge in [-0.15, -0.1) is 10.2 Å². The lowest BCUT2D eigenvalue weighted by Crippen LogP contribution is -2.46. The van der Waals surface area contributed by atoms with Crippen LogP contribution in [0.25, 0.3) is 0 Å². The van der Waals surface area contributed by atoms with Gasteiger partial charge in [0.2, 0.25) is 11.4 Å². The minimum absolute atomic E-state index is 0.186. The summed E-state index contributed by atoms with van der Waals surface area (Å²) >= 11 is 0. The van der Waals surface area contributed by atoms with E-state index in [4.69, 9.17) is 15.3 Å². The van der Waals surface area contributed by atoms with E-state index in [9.17, 15) is 4.79 Å². The number of carboxylic acids is 1. The van der Waals surface area contributed by atoms with Crippen LogP contribution in [-0.4, -0.2) is 28.3 Å². The zero-order chi connectivity index (χ0) is 11.6. The van der Waals surface area contributed by atoms with Crippen molar-refractivity contribution < 1.29 is 14.3 Å². The fourth-order valence-electron chi connectivity index (χ4n) is 1.43. The Bertz CT molecular complexity index is 427. The van der Waals surface area contributed by atoms with Crippen molar-refractivity contribution in [1.29, 1.82) is 0 Å². The number of carbonyl (C=O) groups is 1. The van der Waals surface area contributed by atoms with Gasteiger partial charge in [0.1, 0.15) is 6.26 Å². The molecule has 0 spiro atoms. The highest BCUT2D eigenvalue weighted by molar-refractivity contribution is 5.76. The average Bonchev–Trinajstić information content (AvgIpc) is 2.88. The normalized spacial score (nSPS) is 24.8. The standard InChI is InChI=1S/C8H9N5O3/c9-5(3-6(14)15)8(4-11-13-12-8)7-10-1-2-16-7/h1-2,4-5H,3,9H2,(H,14,15). The highest BCUT2D eigenvalue weighted by Crippen LogP contribution is 2.30. The highest BCUT2D eigenvalue weighted by atomic mass is 16.4. The molecule has 0 fully saturated rings. The molecule has 1 aromatic heterocycles. The molecule has 0 bridgehead atoms. The zero-order valence-electron chi connectivity index (χ0n) is 8.15. The summed E-state index contributed by atoms with van der Waals surface area (Å²) in [6, 6.07) is -0.835. The van der Waals surface area contributed by atoms with Gasteiger partial charge in [-0.2, -0.15) is 0 Å². The second-order valence-electron chi connectivity index (χ2n) is 3.30. The van der Waals surface area contributed by atoms with Crippen molar-refractivity contribution in [2.75, 3.05) is 0 Å². The van der Waals surface area contributed by atoms with E-state index < -0.39 is 17.6 Å². The Morgan fingerprint density at radius 3 is 3.00 bits per heavy atom. The maximum atomic E-state index is 10.6. The number of oxazole rings is 1. The Labute approximate surface area is 89.9 Å². The van der Waals surface area contributed by atoms with Gasteiger partial charge in [0.05, 0.1) is 24.9 Å². The largest absolute Gasteiger partial charge is 0.481 e. The van der Waals surface area contributed by atoms with Crippen LogP contribution >= 0.6 is 0 Å². The van der Waals surface area contributed by atoms with Crippen LogP contribution in [0.2, 0.25) is 0 Å². The van der Waals surface area contributed by atoms with Crippen molar-refractivity contribution in [3.05, 3.63) is 18.4 Å². The van der Waals surface area contributed by atoms with Gasteiger partial charge in [0, 0.05) is 0 Å². The number of nitrogens with two attached hydrogens (primary N) is 1. The molecule has 2 rings (SSSR count). The Balaban J connectivity index is 2.34. The minimum atomic E-state index is -1.21. The van der Waals surface area contributed by atoms with E-state index in [0.717, 1.165) is 0 Å². The first-order valence-corrected chi connectivity index (χ1v) is 4.49. The summed E-state index contributed by atoms with van der Waals surface area (Å²) in [4.78, 5) is 14.5. The third-order valence-corrected chi connectivity index (χ3v) is 2.25. The van der Waals surface area contributed by atoms with Crippen LogP contribution < -0.4 is 5.73 Å². The molecule has 84 valence electrons. The van der Waals surface area contributed by atoms with E-state index >= 15 is 0 Å². The van der Waals surface area contributed by atoms with Crippen LogP contribution in [0.5, 0.6) is 0 Å². The van der Waals surface area contributed by atoms with Crippen molar-refractivity contribution in [1.82, 2.24) is 4.98 Å². The molecule has 1 aromatic rings. The first-order valence-electron chi connectivity index (χ1n) is 4.49. The summed E-state index contributed by atoms with van der Waals surface area (Å²) in [5, 5.41) is 19.6. The number of aliphatic carboxylic acids is 1. The van der Waals surface area contributed by atoms with Crippen LogP contribution in [0.15, 0.2) is 32.3 Å². The van der Waals surface area contributed by atoms with E-state index in [1.165, 1.54) is 18.7 Å². The third kappa shape index (κ3) is 1.58. The van der Waals surface area contributed by atoms with Gasteiger partial charge in [-0.25, -0.2) is 4.98 Å². The summed E-state index contributed by atoms with van der Waals surface area (Å²) in [5.74, 6) is -0.847. The van der Waals surface area contributed by atoms with Gasteiger partial charge in [-0.05, 0) is 5.22 Å². The molecular weight excluding hydrogens is 214 g/mol. The molecule has 0 aromatic carbocycles. The number of nitrogens with zero attached hydrogens (tertiary/aromatic N) is 4. The van der Waals surface area contributed by atoms with Crippen LogP contribution in [0.1, 0.15) is 12.3 Å². The lowest BCUT2D eigenvalue weighted by molar-refractivity contribution is -0.137. The van der Waals surface area contributed by atoms with Gasteiger partial charge in [-0.1, -0.05) is 0 Å². The Hall–Kier alpha value is -2.09. The number of aromatic nitrogens is 1. The molecule has 0 aliphatic carbocycles. The molecule has 3 N–H and O–H groups in total. The quantitative estimate of drug-likeness (QED) is 0.749. The summed E-state index contributed by atoms with van der Waals surface area (Å²) in [7, 11) is 0. The van der Waals surface area contributed by atoms with E-state index in [2.05, 4.69) is 20.4 Å². The first kappa shape index (κ1) is 10.4. The molecule has 0 amide bonds.